The van der Waals surface area contributed by atoms with Crippen molar-refractivity contribution in [3.8, 4) is 12.3 Å². The van der Waals surface area contributed by atoms with E-state index in [1.54, 1.807) is 5.32 Å². The third-order valence-electron chi connectivity index (χ3n) is 1.34. The molecule has 0 bridgehead atoms. The van der Waals surface area contributed by atoms with Crippen molar-refractivity contribution in [2.24, 2.45) is 0 Å². The molecule has 1 unspecified atom stereocenters. The number of terminal acetylenes is 1. The van der Waals surface area contributed by atoms with Gasteiger partial charge in [0.15, 0.2) is 0 Å². The maximum Gasteiger partial charge on any atom is 0.355 e. The number of barbiturate groups is 1. The molecule has 1 fully saturated rings. The molecule has 0 aromatic rings. The fraction of sp³-hybridized carbons (Fsp3) is 0.286. The van der Waals surface area contributed by atoms with Crippen molar-refractivity contribution in [2.75, 3.05) is 6.61 Å². The van der Waals surface area contributed by atoms with E-state index in [1.807, 2.05) is 5.92 Å². The first-order valence-electron chi connectivity index (χ1n) is 3.47. The monoisotopic (exact) mass is 200 g/mol. The Labute approximate surface area is 77.9 Å². The number of nitrogens with one attached hydrogen (secondary N) is 1. The van der Waals surface area contributed by atoms with E-state index in [4.69, 9.17) is 6.42 Å². The summed E-state index contributed by atoms with van der Waals surface area (Å²) in [6.07, 6.45) is 2.35. The van der Waals surface area contributed by atoms with Gasteiger partial charge in [0.1, 0.15) is 6.61 Å². The molecule has 14 heavy (non-hydrogen) atoms. The van der Waals surface area contributed by atoms with Crippen LogP contribution in [-0.2, 0) is 14.4 Å². The number of alkyl halides is 1. The Balaban J connectivity index is 2.75. The van der Waals surface area contributed by atoms with E-state index in [2.05, 4.69) is 4.84 Å². The molecular weight excluding hydrogens is 195 g/mol. The van der Waals surface area contributed by atoms with Crippen LogP contribution in [0.2, 0.25) is 0 Å². The van der Waals surface area contributed by atoms with E-state index in [0.717, 1.165) is 0 Å². The number of halogens is 1. The van der Waals surface area contributed by atoms with Gasteiger partial charge in [-0.1, -0.05) is 5.92 Å². The minimum absolute atomic E-state index is 0.0892. The molecule has 7 heteroatoms. The second-order valence-electron chi connectivity index (χ2n) is 2.27. The van der Waals surface area contributed by atoms with Gasteiger partial charge < -0.3 is 0 Å². The van der Waals surface area contributed by atoms with Crippen LogP contribution in [0.25, 0.3) is 0 Å². The number of rotatable bonds is 2. The number of imide groups is 2. The second-order valence-corrected chi connectivity index (χ2v) is 2.27. The minimum Gasteiger partial charge on any atom is -0.273 e. The predicted octanol–water partition coefficient (Wildman–Crippen LogP) is -1.03. The van der Waals surface area contributed by atoms with E-state index in [0.29, 0.717) is 0 Å². The molecule has 0 spiro atoms. The lowest BCUT2D eigenvalue weighted by atomic mass is 10.3. The summed E-state index contributed by atoms with van der Waals surface area (Å²) in [6.45, 7) is -0.375. The number of hydrogen-bond donors (Lipinski definition) is 1. The van der Waals surface area contributed by atoms with Crippen LogP contribution in [0.4, 0.5) is 9.18 Å². The van der Waals surface area contributed by atoms with Gasteiger partial charge in [-0.15, -0.1) is 11.5 Å². The summed E-state index contributed by atoms with van der Waals surface area (Å²) < 4.78 is 12.7. The van der Waals surface area contributed by atoms with Gasteiger partial charge in [-0.05, 0) is 0 Å². The molecule has 0 aliphatic carbocycles. The van der Waals surface area contributed by atoms with Crippen LogP contribution in [-0.4, -0.2) is 35.7 Å². The third kappa shape index (κ3) is 1.70. The Kier molecular flexibility index (Phi) is 2.79. The van der Waals surface area contributed by atoms with Crippen LogP contribution in [0.15, 0.2) is 0 Å². The molecule has 6 nitrogen and oxygen atoms in total. The maximum atomic E-state index is 12.7. The van der Waals surface area contributed by atoms with Crippen molar-refractivity contribution in [1.82, 2.24) is 10.4 Å². The van der Waals surface area contributed by atoms with E-state index < -0.39 is 24.0 Å². The summed E-state index contributed by atoms with van der Waals surface area (Å²) in [4.78, 5) is 36.8. The zero-order chi connectivity index (χ0) is 10.7. The van der Waals surface area contributed by atoms with Crippen molar-refractivity contribution >= 4 is 17.8 Å². The minimum atomic E-state index is -2.44. The first-order chi connectivity index (χ1) is 6.57. The molecule has 1 atom stereocenters. The number of hydrogen-bond acceptors (Lipinski definition) is 4. The van der Waals surface area contributed by atoms with Gasteiger partial charge in [-0.2, -0.15) is 0 Å². The van der Waals surface area contributed by atoms with E-state index >= 15 is 0 Å². The molecule has 1 heterocycles. The molecule has 1 saturated heterocycles. The van der Waals surface area contributed by atoms with Gasteiger partial charge in [-0.25, -0.2) is 14.0 Å². The van der Waals surface area contributed by atoms with E-state index in [-0.39, 0.29) is 11.7 Å². The number of amides is 4. The molecule has 0 saturated carbocycles. The first-order valence-corrected chi connectivity index (χ1v) is 3.47. The highest BCUT2D eigenvalue weighted by atomic mass is 19.1. The molecule has 1 N–H and O–H groups in total. The van der Waals surface area contributed by atoms with Crippen LogP contribution < -0.4 is 5.32 Å². The summed E-state index contributed by atoms with van der Waals surface area (Å²) in [5.74, 6) is -0.707. The zero-order valence-corrected chi connectivity index (χ0v) is 6.82. The van der Waals surface area contributed by atoms with Crippen LogP contribution in [0.1, 0.15) is 0 Å². The highest BCUT2D eigenvalue weighted by molar-refractivity contribution is 6.17. The van der Waals surface area contributed by atoms with Crippen molar-refractivity contribution in [1.29, 1.82) is 0 Å². The Morgan fingerprint density at radius 1 is 1.57 bits per heavy atom. The van der Waals surface area contributed by atoms with Gasteiger partial charge in [0.25, 0.3) is 18.0 Å². The van der Waals surface area contributed by atoms with E-state index in [9.17, 15) is 18.8 Å². The Hall–Kier alpha value is -1.94. The fourth-order valence-electron chi connectivity index (χ4n) is 0.759. The van der Waals surface area contributed by atoms with Gasteiger partial charge in [0.05, 0.1) is 0 Å². The van der Waals surface area contributed by atoms with Crippen LogP contribution in [0.5, 0.6) is 0 Å². The molecular formula is C7H5FN2O4. The molecule has 0 radical (unpaired) electrons. The molecule has 0 aromatic carbocycles. The summed E-state index contributed by atoms with van der Waals surface area (Å²) in [7, 11) is 0. The average Bonchev–Trinajstić information content (AvgIpc) is 2.14. The quantitative estimate of drug-likeness (QED) is 0.456. The summed E-state index contributed by atoms with van der Waals surface area (Å²) in [5.41, 5.74) is 0. The Morgan fingerprint density at radius 2 is 2.21 bits per heavy atom. The third-order valence-corrected chi connectivity index (χ3v) is 1.34. The number of carbonyl (C=O) groups excluding carboxylic acids is 3. The first kappa shape index (κ1) is 10.1. The number of nitrogens with zero attached hydrogens (tertiary/aromatic N) is 1. The normalized spacial score (nSPS) is 21.9. The van der Waals surface area contributed by atoms with E-state index in [1.165, 1.54) is 0 Å². The second kappa shape index (κ2) is 3.85. The lowest BCUT2D eigenvalue weighted by molar-refractivity contribution is -0.176. The number of carbonyl (C=O) groups is 3. The zero-order valence-electron chi connectivity index (χ0n) is 6.82. The van der Waals surface area contributed by atoms with Gasteiger partial charge in [-0.3, -0.25) is 14.9 Å². The smallest absolute Gasteiger partial charge is 0.273 e. The topological polar surface area (TPSA) is 75.7 Å². The average molecular weight is 200 g/mol. The van der Waals surface area contributed by atoms with Gasteiger partial charge >= 0.3 is 6.03 Å². The van der Waals surface area contributed by atoms with Crippen LogP contribution in [0.3, 0.4) is 0 Å². The molecule has 1 rings (SSSR count). The SMILES string of the molecule is C#CCON1C(=O)NC(=O)C(F)C1=O. The van der Waals surface area contributed by atoms with Gasteiger partial charge in [0, 0.05) is 0 Å². The highest BCUT2D eigenvalue weighted by Crippen LogP contribution is 2.07. The molecule has 0 aromatic heterocycles. The van der Waals surface area contributed by atoms with Crippen LogP contribution in [0, 0.1) is 12.3 Å². The summed E-state index contributed by atoms with van der Waals surface area (Å²) in [6, 6.07) is -1.15. The highest BCUT2D eigenvalue weighted by Gasteiger charge is 2.41. The maximum absolute atomic E-state index is 12.7. The Morgan fingerprint density at radius 3 is 2.79 bits per heavy atom. The molecule has 74 valence electrons. The standard InChI is InChI=1S/C7H5FN2O4/c1-2-3-14-10-6(12)4(8)5(11)9-7(10)13/h1,4H,3H2,(H,9,11,13). The lowest BCUT2D eigenvalue weighted by Gasteiger charge is -2.24. The van der Waals surface area contributed by atoms with Gasteiger partial charge in [0.2, 0.25) is 0 Å². The number of urea groups is 1. The molecule has 4 amide bonds. The fourth-order valence-corrected chi connectivity index (χ4v) is 0.759. The van der Waals surface area contributed by atoms with Crippen molar-refractivity contribution < 1.29 is 23.6 Å². The summed E-state index contributed by atoms with van der Waals surface area (Å²) in [5, 5.41) is 1.67. The summed E-state index contributed by atoms with van der Waals surface area (Å²) >= 11 is 0. The number of hydroxylamine groups is 2. The molecule has 1 aliphatic rings. The predicted molar refractivity (Wildman–Crippen MR) is 40.1 cm³/mol. The Bertz CT molecular complexity index is 335. The van der Waals surface area contributed by atoms with Crippen molar-refractivity contribution in [2.45, 2.75) is 6.17 Å². The van der Waals surface area contributed by atoms with Crippen molar-refractivity contribution in [3.05, 3.63) is 0 Å². The van der Waals surface area contributed by atoms with Crippen LogP contribution >= 0.6 is 0 Å². The lowest BCUT2D eigenvalue weighted by Crippen LogP contribution is -2.58. The molecule has 1 aliphatic heterocycles. The largest absolute Gasteiger partial charge is 0.355 e. The van der Waals surface area contributed by atoms with Crippen molar-refractivity contribution in [3.63, 3.8) is 0 Å².